The zero-order valence-electron chi connectivity index (χ0n) is 9.12. The number of methoxy groups -OCH3 is 1. The summed E-state index contributed by atoms with van der Waals surface area (Å²) in [5, 5.41) is 0. The second-order valence-corrected chi connectivity index (χ2v) is 3.44. The topological polar surface area (TPSA) is 39.2 Å². The number of pyridine rings is 1. The van der Waals surface area contributed by atoms with E-state index in [0.29, 0.717) is 24.3 Å². The van der Waals surface area contributed by atoms with Crippen LogP contribution in [0.25, 0.3) is 0 Å². The van der Waals surface area contributed by atoms with Gasteiger partial charge in [0.05, 0.1) is 12.7 Å². The third-order valence-electron chi connectivity index (χ3n) is 2.04. The fourth-order valence-corrected chi connectivity index (χ4v) is 1.23. The molecule has 3 heteroatoms. The first-order valence-electron chi connectivity index (χ1n) is 4.81. The van der Waals surface area contributed by atoms with Gasteiger partial charge < -0.3 is 4.74 Å². The highest BCUT2D eigenvalue weighted by molar-refractivity contribution is 5.98. The van der Waals surface area contributed by atoms with Crippen LogP contribution in [0, 0.1) is 0 Å². The molecule has 15 heavy (non-hydrogen) atoms. The van der Waals surface area contributed by atoms with E-state index in [1.54, 1.807) is 18.3 Å². The Kier molecular flexibility index (Phi) is 4.03. The van der Waals surface area contributed by atoms with Crippen molar-refractivity contribution in [2.24, 2.45) is 0 Å². The first-order chi connectivity index (χ1) is 7.15. The lowest BCUT2D eigenvalue weighted by Gasteiger charge is -2.05. The van der Waals surface area contributed by atoms with Crippen molar-refractivity contribution in [2.75, 3.05) is 7.11 Å². The van der Waals surface area contributed by atoms with Crippen LogP contribution in [0.3, 0.4) is 0 Å². The molecule has 1 aromatic heterocycles. The van der Waals surface area contributed by atoms with Gasteiger partial charge >= 0.3 is 0 Å². The van der Waals surface area contributed by atoms with Crippen molar-refractivity contribution in [3.8, 4) is 5.88 Å². The lowest BCUT2D eigenvalue weighted by atomic mass is 10.1. The Hall–Kier alpha value is -1.64. The summed E-state index contributed by atoms with van der Waals surface area (Å²) in [4.78, 5) is 15.7. The number of ketones is 1. The SMILES string of the molecule is C=C(C)CCC(=O)c1cccnc1OC. The van der Waals surface area contributed by atoms with E-state index in [2.05, 4.69) is 11.6 Å². The van der Waals surface area contributed by atoms with Crippen molar-refractivity contribution < 1.29 is 9.53 Å². The molecule has 3 nitrogen and oxygen atoms in total. The molecule has 1 heterocycles. The number of nitrogens with zero attached hydrogens (tertiary/aromatic N) is 1. The average Bonchev–Trinajstić information content (AvgIpc) is 2.25. The number of aromatic nitrogens is 1. The van der Waals surface area contributed by atoms with Gasteiger partial charge in [0.2, 0.25) is 5.88 Å². The van der Waals surface area contributed by atoms with Crippen LogP contribution in [0.4, 0.5) is 0 Å². The van der Waals surface area contributed by atoms with E-state index >= 15 is 0 Å². The number of hydrogen-bond donors (Lipinski definition) is 0. The van der Waals surface area contributed by atoms with E-state index in [1.165, 1.54) is 7.11 Å². The molecule has 0 saturated carbocycles. The minimum absolute atomic E-state index is 0.0444. The zero-order valence-corrected chi connectivity index (χ0v) is 9.12. The average molecular weight is 205 g/mol. The number of Topliss-reactive ketones (excluding diaryl/α,β-unsaturated/α-hetero) is 1. The first-order valence-corrected chi connectivity index (χ1v) is 4.81. The summed E-state index contributed by atoms with van der Waals surface area (Å²) in [6.45, 7) is 5.67. The predicted molar refractivity (Wildman–Crippen MR) is 59.2 cm³/mol. The molecule has 80 valence electrons. The van der Waals surface area contributed by atoms with Crippen LogP contribution in [0.5, 0.6) is 5.88 Å². The van der Waals surface area contributed by atoms with Crippen LogP contribution in [-0.4, -0.2) is 17.9 Å². The van der Waals surface area contributed by atoms with Crippen LogP contribution in [0.1, 0.15) is 30.1 Å². The van der Waals surface area contributed by atoms with Crippen LogP contribution in [0.2, 0.25) is 0 Å². The summed E-state index contributed by atoms with van der Waals surface area (Å²) in [5.74, 6) is 0.437. The Morgan fingerprint density at radius 1 is 1.53 bits per heavy atom. The van der Waals surface area contributed by atoms with Gasteiger partial charge in [-0.15, -0.1) is 6.58 Å². The molecule has 0 aliphatic carbocycles. The van der Waals surface area contributed by atoms with Crippen molar-refractivity contribution in [3.05, 3.63) is 36.0 Å². The molecule has 1 rings (SSSR count). The first kappa shape index (κ1) is 11.4. The number of allylic oxidation sites excluding steroid dienone is 1. The molecule has 1 aromatic rings. The number of hydrogen-bond acceptors (Lipinski definition) is 3. The van der Waals surface area contributed by atoms with Crippen LogP contribution >= 0.6 is 0 Å². The Morgan fingerprint density at radius 3 is 2.87 bits per heavy atom. The number of carbonyl (C=O) groups is 1. The summed E-state index contributed by atoms with van der Waals surface area (Å²) in [6.07, 6.45) is 2.77. The molecule has 0 saturated heterocycles. The smallest absolute Gasteiger partial charge is 0.224 e. The van der Waals surface area contributed by atoms with E-state index < -0.39 is 0 Å². The summed E-state index contributed by atoms with van der Waals surface area (Å²) in [6, 6.07) is 3.46. The maximum atomic E-state index is 11.8. The van der Waals surface area contributed by atoms with Crippen molar-refractivity contribution >= 4 is 5.78 Å². The second kappa shape index (κ2) is 5.29. The Morgan fingerprint density at radius 2 is 2.27 bits per heavy atom. The number of rotatable bonds is 5. The maximum absolute atomic E-state index is 11.8. The monoisotopic (exact) mass is 205 g/mol. The molecular weight excluding hydrogens is 190 g/mol. The second-order valence-electron chi connectivity index (χ2n) is 3.44. The largest absolute Gasteiger partial charge is 0.480 e. The molecule has 0 unspecified atom stereocenters. The normalized spacial score (nSPS) is 9.73. The van der Waals surface area contributed by atoms with Gasteiger partial charge in [0.1, 0.15) is 0 Å². The van der Waals surface area contributed by atoms with E-state index in [-0.39, 0.29) is 5.78 Å². The van der Waals surface area contributed by atoms with Crippen molar-refractivity contribution in [1.29, 1.82) is 0 Å². The third-order valence-corrected chi connectivity index (χ3v) is 2.04. The van der Waals surface area contributed by atoms with Gasteiger partial charge in [-0.1, -0.05) is 5.57 Å². The van der Waals surface area contributed by atoms with Gasteiger partial charge in [0.25, 0.3) is 0 Å². The van der Waals surface area contributed by atoms with Crippen molar-refractivity contribution in [2.45, 2.75) is 19.8 Å². The van der Waals surface area contributed by atoms with Crippen molar-refractivity contribution in [1.82, 2.24) is 4.98 Å². The fourth-order valence-electron chi connectivity index (χ4n) is 1.23. The lowest BCUT2D eigenvalue weighted by Crippen LogP contribution is -2.03. The van der Waals surface area contributed by atoms with Gasteiger partial charge in [-0.2, -0.15) is 0 Å². The van der Waals surface area contributed by atoms with Gasteiger partial charge in [-0.3, -0.25) is 4.79 Å². The van der Waals surface area contributed by atoms with E-state index in [4.69, 9.17) is 4.74 Å². The van der Waals surface area contributed by atoms with Gasteiger partial charge in [-0.25, -0.2) is 4.98 Å². The Bertz CT molecular complexity index is 372. The van der Waals surface area contributed by atoms with Gasteiger partial charge in [0, 0.05) is 12.6 Å². The lowest BCUT2D eigenvalue weighted by molar-refractivity contribution is 0.0979. The van der Waals surface area contributed by atoms with E-state index in [1.807, 2.05) is 6.92 Å². The number of carbonyl (C=O) groups excluding carboxylic acids is 1. The quantitative estimate of drug-likeness (QED) is 0.548. The molecule has 0 aromatic carbocycles. The highest BCUT2D eigenvalue weighted by Gasteiger charge is 2.11. The molecule has 0 amide bonds. The third kappa shape index (κ3) is 3.20. The number of ether oxygens (including phenoxy) is 1. The maximum Gasteiger partial charge on any atom is 0.224 e. The molecule has 0 bridgehead atoms. The van der Waals surface area contributed by atoms with Crippen LogP contribution < -0.4 is 4.74 Å². The predicted octanol–water partition coefficient (Wildman–Crippen LogP) is 2.63. The Balaban J connectivity index is 2.77. The van der Waals surface area contributed by atoms with Crippen LogP contribution in [-0.2, 0) is 0 Å². The van der Waals surface area contributed by atoms with Crippen molar-refractivity contribution in [3.63, 3.8) is 0 Å². The fraction of sp³-hybridized carbons (Fsp3) is 0.333. The molecule has 0 fully saturated rings. The summed E-state index contributed by atoms with van der Waals surface area (Å²) in [5.41, 5.74) is 1.55. The van der Waals surface area contributed by atoms with E-state index in [0.717, 1.165) is 5.57 Å². The highest BCUT2D eigenvalue weighted by Crippen LogP contribution is 2.17. The molecular formula is C12H15NO2. The molecule has 0 aliphatic rings. The molecule has 0 atom stereocenters. The Labute approximate surface area is 89.8 Å². The standard InChI is InChI=1S/C12H15NO2/c1-9(2)6-7-11(14)10-5-4-8-13-12(10)15-3/h4-5,8H,1,6-7H2,2-3H3. The molecule has 0 aliphatic heterocycles. The summed E-state index contributed by atoms with van der Waals surface area (Å²) < 4.78 is 5.02. The van der Waals surface area contributed by atoms with E-state index in [9.17, 15) is 4.79 Å². The van der Waals surface area contributed by atoms with Gasteiger partial charge in [-0.05, 0) is 25.5 Å². The van der Waals surface area contributed by atoms with Crippen LogP contribution in [0.15, 0.2) is 30.5 Å². The molecule has 0 spiro atoms. The zero-order chi connectivity index (χ0) is 11.3. The molecule has 0 N–H and O–H groups in total. The minimum atomic E-state index is 0.0444. The summed E-state index contributed by atoms with van der Waals surface area (Å²) in [7, 11) is 1.51. The highest BCUT2D eigenvalue weighted by atomic mass is 16.5. The molecule has 0 radical (unpaired) electrons. The van der Waals surface area contributed by atoms with Gasteiger partial charge in [0.15, 0.2) is 5.78 Å². The minimum Gasteiger partial charge on any atom is -0.480 e. The summed E-state index contributed by atoms with van der Waals surface area (Å²) >= 11 is 0.